The summed E-state index contributed by atoms with van der Waals surface area (Å²) in [4.78, 5) is 29.1. The van der Waals surface area contributed by atoms with Crippen molar-refractivity contribution in [2.45, 2.75) is 20.3 Å². The van der Waals surface area contributed by atoms with Crippen LogP contribution in [0.3, 0.4) is 0 Å². The van der Waals surface area contributed by atoms with Gasteiger partial charge in [-0.05, 0) is 61.4 Å². The number of amides is 1. The average molecular weight is 457 g/mol. The second-order valence-corrected chi connectivity index (χ2v) is 9.44. The van der Waals surface area contributed by atoms with Gasteiger partial charge in [0.25, 0.3) is 0 Å². The number of aromatic nitrogens is 3. The number of pyridine rings is 1. The van der Waals surface area contributed by atoms with Gasteiger partial charge in [0.2, 0.25) is 5.91 Å². The molecule has 0 aliphatic rings. The molecule has 0 bridgehead atoms. The molecule has 3 aromatic heterocycles. The van der Waals surface area contributed by atoms with Crippen LogP contribution in [0.1, 0.15) is 16.8 Å². The summed E-state index contributed by atoms with van der Waals surface area (Å²) in [6.45, 7) is 4.08. The number of para-hydroxylation sites is 1. The fourth-order valence-corrected chi connectivity index (χ4v) is 5.42. The van der Waals surface area contributed by atoms with E-state index in [-0.39, 0.29) is 12.3 Å². The highest BCUT2D eigenvalue weighted by Gasteiger charge is 2.23. The summed E-state index contributed by atoms with van der Waals surface area (Å²) >= 11 is 3.02. The number of anilines is 2. The van der Waals surface area contributed by atoms with Gasteiger partial charge in [-0.15, -0.1) is 11.3 Å². The largest absolute Gasteiger partial charge is 0.274 e. The van der Waals surface area contributed by atoms with Gasteiger partial charge in [0.15, 0.2) is 5.13 Å². The summed E-state index contributed by atoms with van der Waals surface area (Å²) in [5.41, 5.74) is 5.46. The van der Waals surface area contributed by atoms with Crippen LogP contribution in [0.4, 0.5) is 10.8 Å². The molecule has 0 spiro atoms. The summed E-state index contributed by atoms with van der Waals surface area (Å²) in [7, 11) is 0. The van der Waals surface area contributed by atoms with Crippen LogP contribution >= 0.6 is 22.7 Å². The molecule has 0 radical (unpaired) electrons. The molecule has 5 rings (SSSR count). The number of carbonyl (C=O) groups is 1. The van der Waals surface area contributed by atoms with Crippen molar-refractivity contribution in [1.29, 1.82) is 0 Å². The van der Waals surface area contributed by atoms with E-state index in [1.165, 1.54) is 22.7 Å². The molecule has 0 atom stereocenters. The highest BCUT2D eigenvalue weighted by molar-refractivity contribution is 7.22. The maximum Gasteiger partial charge on any atom is 0.239 e. The second kappa shape index (κ2) is 8.61. The van der Waals surface area contributed by atoms with E-state index >= 15 is 0 Å². The molecule has 0 saturated heterocycles. The van der Waals surface area contributed by atoms with Crippen molar-refractivity contribution in [1.82, 2.24) is 15.0 Å². The SMILES string of the molecule is Cc1cc(C)cc(N(C(=O)Cc2csc(-c3ccccn3)n2)c2nc3ccccc3s2)c1. The van der Waals surface area contributed by atoms with E-state index in [4.69, 9.17) is 4.98 Å². The number of hydrogen-bond donors (Lipinski definition) is 0. The molecule has 5 aromatic rings. The average Bonchev–Trinajstić information content (AvgIpc) is 3.41. The molecule has 2 aromatic carbocycles. The molecule has 0 saturated carbocycles. The maximum atomic E-state index is 13.6. The molecule has 0 N–H and O–H groups in total. The Kier molecular flexibility index (Phi) is 5.51. The predicted molar refractivity (Wildman–Crippen MR) is 132 cm³/mol. The Morgan fingerprint density at radius 1 is 0.969 bits per heavy atom. The molecule has 0 unspecified atom stereocenters. The van der Waals surface area contributed by atoms with Gasteiger partial charge in [-0.1, -0.05) is 35.6 Å². The van der Waals surface area contributed by atoms with Gasteiger partial charge in [-0.2, -0.15) is 0 Å². The van der Waals surface area contributed by atoms with Crippen LogP contribution in [-0.4, -0.2) is 20.9 Å². The highest BCUT2D eigenvalue weighted by atomic mass is 32.1. The van der Waals surface area contributed by atoms with Crippen molar-refractivity contribution in [3.63, 3.8) is 0 Å². The topological polar surface area (TPSA) is 59.0 Å². The molecule has 0 fully saturated rings. The van der Waals surface area contributed by atoms with Crippen LogP contribution in [0.15, 0.2) is 72.2 Å². The van der Waals surface area contributed by atoms with E-state index in [0.29, 0.717) is 5.13 Å². The van der Waals surface area contributed by atoms with Crippen molar-refractivity contribution in [3.05, 3.63) is 89.1 Å². The summed E-state index contributed by atoms with van der Waals surface area (Å²) < 4.78 is 1.05. The fraction of sp³-hybridized carbons (Fsp3) is 0.120. The number of hydrogen-bond acceptors (Lipinski definition) is 6. The lowest BCUT2D eigenvalue weighted by atomic mass is 10.1. The molecule has 0 aliphatic carbocycles. The van der Waals surface area contributed by atoms with Crippen molar-refractivity contribution in [2.24, 2.45) is 0 Å². The van der Waals surface area contributed by atoms with Gasteiger partial charge >= 0.3 is 0 Å². The number of benzene rings is 2. The number of fused-ring (bicyclic) bond motifs is 1. The Morgan fingerprint density at radius 2 is 1.75 bits per heavy atom. The van der Waals surface area contributed by atoms with Crippen molar-refractivity contribution >= 4 is 49.6 Å². The van der Waals surface area contributed by atoms with Crippen LogP contribution in [0.25, 0.3) is 20.9 Å². The molecule has 7 heteroatoms. The molecule has 3 heterocycles. The molecule has 158 valence electrons. The minimum Gasteiger partial charge on any atom is -0.274 e. The van der Waals surface area contributed by atoms with E-state index in [0.717, 1.165) is 43.4 Å². The second-order valence-electron chi connectivity index (χ2n) is 7.57. The van der Waals surface area contributed by atoms with Crippen LogP contribution in [-0.2, 0) is 11.2 Å². The zero-order valence-corrected chi connectivity index (χ0v) is 19.3. The molecule has 1 amide bonds. The van der Waals surface area contributed by atoms with Gasteiger partial charge in [-0.25, -0.2) is 9.97 Å². The highest BCUT2D eigenvalue weighted by Crippen LogP contribution is 2.35. The van der Waals surface area contributed by atoms with Gasteiger partial charge in [-0.3, -0.25) is 14.7 Å². The number of rotatable bonds is 5. The fourth-order valence-electron chi connectivity index (χ4n) is 3.63. The number of thiazole rings is 2. The summed E-state index contributed by atoms with van der Waals surface area (Å²) in [5, 5.41) is 3.41. The smallest absolute Gasteiger partial charge is 0.239 e. The quantitative estimate of drug-likeness (QED) is 0.310. The lowest BCUT2D eigenvalue weighted by Gasteiger charge is -2.21. The number of aryl methyl sites for hydroxylation is 2. The molecule has 32 heavy (non-hydrogen) atoms. The summed E-state index contributed by atoms with van der Waals surface area (Å²) in [6.07, 6.45) is 1.93. The zero-order valence-electron chi connectivity index (χ0n) is 17.6. The van der Waals surface area contributed by atoms with Crippen LogP contribution < -0.4 is 4.90 Å². The maximum absolute atomic E-state index is 13.6. The van der Waals surface area contributed by atoms with E-state index in [1.807, 2.05) is 73.8 Å². The monoisotopic (exact) mass is 456 g/mol. The van der Waals surface area contributed by atoms with Crippen LogP contribution in [0, 0.1) is 13.8 Å². The van der Waals surface area contributed by atoms with Gasteiger partial charge in [0.05, 0.1) is 33.7 Å². The van der Waals surface area contributed by atoms with E-state index in [9.17, 15) is 4.79 Å². The van der Waals surface area contributed by atoms with E-state index in [2.05, 4.69) is 16.0 Å². The Hall–Kier alpha value is -3.42. The minimum absolute atomic E-state index is 0.0630. The lowest BCUT2D eigenvalue weighted by Crippen LogP contribution is -2.27. The molecular formula is C25H20N4OS2. The third-order valence-corrected chi connectivity index (χ3v) is 6.89. The summed E-state index contributed by atoms with van der Waals surface area (Å²) in [5.74, 6) is -0.0630. The van der Waals surface area contributed by atoms with Crippen LogP contribution in [0.2, 0.25) is 0 Å². The van der Waals surface area contributed by atoms with Crippen LogP contribution in [0.5, 0.6) is 0 Å². The van der Waals surface area contributed by atoms with Gasteiger partial charge in [0, 0.05) is 11.6 Å². The normalized spacial score (nSPS) is 11.1. The Bertz CT molecular complexity index is 1350. The first kappa shape index (κ1) is 20.5. The Labute approximate surface area is 194 Å². The van der Waals surface area contributed by atoms with E-state index < -0.39 is 0 Å². The van der Waals surface area contributed by atoms with Gasteiger partial charge in [0.1, 0.15) is 5.01 Å². The predicted octanol–water partition coefficient (Wildman–Crippen LogP) is 6.34. The van der Waals surface area contributed by atoms with Crippen molar-refractivity contribution in [3.8, 4) is 10.7 Å². The molecular weight excluding hydrogens is 436 g/mol. The molecule has 5 nitrogen and oxygen atoms in total. The third kappa shape index (κ3) is 4.17. The van der Waals surface area contributed by atoms with Crippen molar-refractivity contribution < 1.29 is 4.79 Å². The Balaban J connectivity index is 1.51. The minimum atomic E-state index is -0.0630. The van der Waals surface area contributed by atoms with E-state index in [1.54, 1.807) is 11.1 Å². The standard InChI is InChI=1S/C25H20N4OS2/c1-16-11-17(2)13-19(12-16)29(25-28-20-7-3-4-9-22(20)32-25)23(30)14-18-15-31-24(27-18)21-8-5-6-10-26-21/h3-13,15H,14H2,1-2H3. The van der Waals surface area contributed by atoms with Crippen molar-refractivity contribution in [2.75, 3.05) is 4.90 Å². The third-order valence-electron chi connectivity index (χ3n) is 4.96. The Morgan fingerprint density at radius 3 is 2.50 bits per heavy atom. The first-order chi connectivity index (χ1) is 15.6. The number of carbonyl (C=O) groups excluding carboxylic acids is 1. The lowest BCUT2D eigenvalue weighted by molar-refractivity contribution is -0.117. The first-order valence-electron chi connectivity index (χ1n) is 10.2. The number of nitrogens with zero attached hydrogens (tertiary/aromatic N) is 4. The first-order valence-corrected chi connectivity index (χ1v) is 11.9. The summed E-state index contributed by atoms with van der Waals surface area (Å²) in [6, 6.07) is 19.8. The van der Waals surface area contributed by atoms with Gasteiger partial charge < -0.3 is 0 Å². The molecule has 0 aliphatic heterocycles. The zero-order chi connectivity index (χ0) is 22.1.